The first-order valence-electron chi connectivity index (χ1n) is 7.84. The number of rotatable bonds is 1. The Kier molecular flexibility index (Phi) is 3.62. The Hall–Kier alpha value is -1.60. The summed E-state index contributed by atoms with van der Waals surface area (Å²) < 4.78 is 5.88. The van der Waals surface area contributed by atoms with Crippen LogP contribution in [0.25, 0.3) is 0 Å². The molecule has 3 aliphatic rings. The van der Waals surface area contributed by atoms with Crippen molar-refractivity contribution in [2.75, 3.05) is 6.61 Å². The van der Waals surface area contributed by atoms with Gasteiger partial charge in [-0.3, -0.25) is 0 Å². The van der Waals surface area contributed by atoms with Crippen LogP contribution in [0.4, 0.5) is 0 Å². The normalized spacial score (nSPS) is 25.2. The fourth-order valence-electron chi connectivity index (χ4n) is 3.26. The quantitative estimate of drug-likeness (QED) is 0.652. The average Bonchev–Trinajstić information content (AvgIpc) is 2.62. The molecule has 0 fully saturated rings. The molecule has 21 heavy (non-hydrogen) atoms. The number of hydrogen-bond donors (Lipinski definition) is 0. The fourth-order valence-corrected chi connectivity index (χ4v) is 3.26. The van der Waals surface area contributed by atoms with E-state index in [0.29, 0.717) is 5.92 Å². The van der Waals surface area contributed by atoms with Gasteiger partial charge in [0.2, 0.25) is 0 Å². The highest BCUT2D eigenvalue weighted by Gasteiger charge is 2.28. The van der Waals surface area contributed by atoms with E-state index in [1.54, 1.807) is 0 Å². The van der Waals surface area contributed by atoms with Crippen LogP contribution in [0.3, 0.4) is 0 Å². The monoisotopic (exact) mass is 280 g/mol. The van der Waals surface area contributed by atoms with E-state index in [1.807, 2.05) is 0 Å². The van der Waals surface area contributed by atoms with Gasteiger partial charge in [0.15, 0.2) is 0 Å². The Bertz CT molecular complexity index is 660. The molecular formula is C20H24O. The van der Waals surface area contributed by atoms with E-state index in [2.05, 4.69) is 65.0 Å². The van der Waals surface area contributed by atoms with E-state index in [4.69, 9.17) is 4.74 Å². The minimum Gasteiger partial charge on any atom is -0.369 e. The van der Waals surface area contributed by atoms with Gasteiger partial charge >= 0.3 is 0 Å². The maximum absolute atomic E-state index is 5.88. The second-order valence-electron chi connectivity index (χ2n) is 6.51. The molecule has 0 saturated carbocycles. The summed E-state index contributed by atoms with van der Waals surface area (Å²) in [4.78, 5) is 0. The van der Waals surface area contributed by atoms with Crippen molar-refractivity contribution < 1.29 is 4.74 Å². The van der Waals surface area contributed by atoms with Crippen LogP contribution < -0.4 is 0 Å². The maximum Gasteiger partial charge on any atom is 0.0805 e. The van der Waals surface area contributed by atoms with Crippen LogP contribution in [0.1, 0.15) is 34.6 Å². The topological polar surface area (TPSA) is 9.23 Å². The Morgan fingerprint density at radius 2 is 1.76 bits per heavy atom. The summed E-state index contributed by atoms with van der Waals surface area (Å²) in [5, 5.41) is 0. The van der Waals surface area contributed by atoms with Gasteiger partial charge in [-0.25, -0.2) is 0 Å². The van der Waals surface area contributed by atoms with Crippen molar-refractivity contribution in [3.63, 3.8) is 0 Å². The predicted octanol–water partition coefficient (Wildman–Crippen LogP) is 5.06. The number of ether oxygens (including phenoxy) is 1. The van der Waals surface area contributed by atoms with Gasteiger partial charge in [0, 0.05) is 0 Å². The second-order valence-corrected chi connectivity index (χ2v) is 6.51. The summed E-state index contributed by atoms with van der Waals surface area (Å²) in [6.45, 7) is 11.8. The third kappa shape index (κ3) is 2.40. The molecule has 0 saturated heterocycles. The zero-order chi connectivity index (χ0) is 15.1. The summed E-state index contributed by atoms with van der Waals surface area (Å²) in [6, 6.07) is 0. The van der Waals surface area contributed by atoms with Gasteiger partial charge in [-0.1, -0.05) is 44.2 Å². The fraction of sp³-hybridized carbons (Fsp3) is 0.400. The van der Waals surface area contributed by atoms with Gasteiger partial charge in [0.1, 0.15) is 0 Å². The lowest BCUT2D eigenvalue weighted by molar-refractivity contribution is 0.136. The Labute approximate surface area is 128 Å². The summed E-state index contributed by atoms with van der Waals surface area (Å²) >= 11 is 0. The Balaban J connectivity index is 2.24. The van der Waals surface area contributed by atoms with E-state index >= 15 is 0 Å². The highest BCUT2D eigenvalue weighted by molar-refractivity contribution is 5.67. The van der Waals surface area contributed by atoms with E-state index in [9.17, 15) is 0 Å². The first-order valence-corrected chi connectivity index (χ1v) is 7.84. The maximum atomic E-state index is 5.88. The van der Waals surface area contributed by atoms with Crippen LogP contribution in [0, 0.1) is 5.92 Å². The van der Waals surface area contributed by atoms with Crippen LogP contribution in [0.5, 0.6) is 0 Å². The SMILES string of the molecule is CC1=C2C=C(C(C)C)C=CC(C)=C2C2=C(C=C1)C(C)OC2. The number of allylic oxidation sites excluding steroid dienone is 8. The molecular weight excluding hydrogens is 256 g/mol. The van der Waals surface area contributed by atoms with Crippen molar-refractivity contribution in [2.45, 2.75) is 40.7 Å². The van der Waals surface area contributed by atoms with Crippen LogP contribution in [0.15, 0.2) is 69.4 Å². The third-order valence-electron chi connectivity index (χ3n) is 4.67. The molecule has 0 bridgehead atoms. The van der Waals surface area contributed by atoms with E-state index < -0.39 is 0 Å². The average molecular weight is 280 g/mol. The molecule has 1 unspecified atom stereocenters. The first-order chi connectivity index (χ1) is 9.99. The zero-order valence-electron chi connectivity index (χ0n) is 13.7. The van der Waals surface area contributed by atoms with Crippen LogP contribution in [-0.2, 0) is 4.74 Å². The van der Waals surface area contributed by atoms with Crippen LogP contribution in [0.2, 0.25) is 0 Å². The van der Waals surface area contributed by atoms with Gasteiger partial charge < -0.3 is 4.74 Å². The molecule has 1 nitrogen and oxygen atoms in total. The van der Waals surface area contributed by atoms with Crippen molar-refractivity contribution in [1.29, 1.82) is 0 Å². The van der Waals surface area contributed by atoms with Crippen LogP contribution in [-0.4, -0.2) is 12.7 Å². The molecule has 1 aliphatic heterocycles. The zero-order valence-corrected chi connectivity index (χ0v) is 13.7. The summed E-state index contributed by atoms with van der Waals surface area (Å²) in [7, 11) is 0. The lowest BCUT2D eigenvalue weighted by atomic mass is 9.89. The predicted molar refractivity (Wildman–Crippen MR) is 89.0 cm³/mol. The van der Waals surface area contributed by atoms with Crippen LogP contribution >= 0.6 is 0 Å². The molecule has 110 valence electrons. The van der Waals surface area contributed by atoms with Crippen molar-refractivity contribution >= 4 is 0 Å². The van der Waals surface area contributed by atoms with E-state index in [0.717, 1.165) is 6.61 Å². The second kappa shape index (κ2) is 5.31. The first kappa shape index (κ1) is 14.3. The molecule has 1 heteroatoms. The molecule has 0 amide bonds. The molecule has 2 aliphatic carbocycles. The van der Waals surface area contributed by atoms with Gasteiger partial charge in [-0.15, -0.1) is 0 Å². The molecule has 0 aromatic carbocycles. The molecule has 1 atom stereocenters. The minimum absolute atomic E-state index is 0.199. The van der Waals surface area contributed by atoms with Gasteiger partial charge in [-0.2, -0.15) is 0 Å². The van der Waals surface area contributed by atoms with Gasteiger partial charge in [-0.05, 0) is 65.7 Å². The molecule has 3 rings (SSSR count). The highest BCUT2D eigenvalue weighted by Crippen LogP contribution is 2.40. The molecule has 0 aromatic heterocycles. The highest BCUT2D eigenvalue weighted by atomic mass is 16.5. The Morgan fingerprint density at radius 1 is 1.05 bits per heavy atom. The minimum atomic E-state index is 0.199. The summed E-state index contributed by atoms with van der Waals surface area (Å²) in [5.41, 5.74) is 9.52. The van der Waals surface area contributed by atoms with Gasteiger partial charge in [0.05, 0.1) is 12.7 Å². The summed E-state index contributed by atoms with van der Waals surface area (Å²) in [5.74, 6) is 0.535. The van der Waals surface area contributed by atoms with Crippen molar-refractivity contribution in [3.05, 3.63) is 69.4 Å². The molecule has 1 heterocycles. The number of hydrogen-bond acceptors (Lipinski definition) is 1. The largest absolute Gasteiger partial charge is 0.369 e. The van der Waals surface area contributed by atoms with Crippen molar-refractivity contribution in [2.24, 2.45) is 5.92 Å². The van der Waals surface area contributed by atoms with Gasteiger partial charge in [0.25, 0.3) is 0 Å². The third-order valence-corrected chi connectivity index (χ3v) is 4.67. The summed E-state index contributed by atoms with van der Waals surface area (Å²) in [6.07, 6.45) is 11.6. The Morgan fingerprint density at radius 3 is 2.48 bits per heavy atom. The number of fused-ring (bicyclic) bond motifs is 2. The van der Waals surface area contributed by atoms with E-state index in [-0.39, 0.29) is 6.10 Å². The molecule has 0 aromatic rings. The lowest BCUT2D eigenvalue weighted by Crippen LogP contribution is -2.01. The van der Waals surface area contributed by atoms with Crippen molar-refractivity contribution in [3.8, 4) is 0 Å². The molecule has 0 N–H and O–H groups in total. The van der Waals surface area contributed by atoms with E-state index in [1.165, 1.54) is 39.0 Å². The standard InChI is InChI=1S/C20H24O/c1-12(2)16-8-6-14(4)20-18(10-16)13(3)7-9-17-15(5)21-11-19(17)20/h6-10,12,15H,11H2,1-5H3. The molecule has 0 spiro atoms. The van der Waals surface area contributed by atoms with Crippen molar-refractivity contribution in [1.82, 2.24) is 0 Å². The lowest BCUT2D eigenvalue weighted by Gasteiger charge is -2.14. The molecule has 0 radical (unpaired) electrons. The smallest absolute Gasteiger partial charge is 0.0805 e.